The zero-order valence-electron chi connectivity index (χ0n) is 13.3. The molecule has 3 heteroatoms. The highest BCUT2D eigenvalue weighted by Gasteiger charge is 2.28. The number of amides is 1. The molecule has 0 saturated carbocycles. The van der Waals surface area contributed by atoms with Gasteiger partial charge in [-0.15, -0.1) is 0 Å². The Morgan fingerprint density at radius 1 is 1.29 bits per heavy atom. The summed E-state index contributed by atoms with van der Waals surface area (Å²) in [6, 6.07) is 9.08. The van der Waals surface area contributed by atoms with Crippen molar-refractivity contribution in [2.45, 2.75) is 51.5 Å². The molecule has 2 rings (SSSR count). The summed E-state index contributed by atoms with van der Waals surface area (Å²) in [4.78, 5) is 14.5. The first kappa shape index (κ1) is 16.0. The molecule has 1 atom stereocenters. The molecule has 1 aliphatic heterocycles. The third-order valence-electron chi connectivity index (χ3n) is 4.28. The van der Waals surface area contributed by atoms with Gasteiger partial charge >= 0.3 is 0 Å². The predicted octanol–water partition coefficient (Wildman–Crippen LogP) is 3.35. The average Bonchev–Trinajstić information content (AvgIpc) is 2.94. The SMILES string of the molecule is COCCCCC(=O)N1CCCC1Cc1ccc(C)cc1. The lowest BCUT2D eigenvalue weighted by atomic mass is 10.0. The number of carbonyl (C=O) groups excluding carboxylic acids is 1. The summed E-state index contributed by atoms with van der Waals surface area (Å²) in [5, 5.41) is 0. The molecule has 0 spiro atoms. The summed E-state index contributed by atoms with van der Waals surface area (Å²) in [5.41, 5.74) is 2.63. The lowest BCUT2D eigenvalue weighted by Gasteiger charge is -2.25. The average molecular weight is 289 g/mol. The van der Waals surface area contributed by atoms with Crippen molar-refractivity contribution in [2.75, 3.05) is 20.3 Å². The molecule has 0 bridgehead atoms. The zero-order chi connectivity index (χ0) is 15.1. The Kier molecular flexibility index (Phi) is 6.24. The van der Waals surface area contributed by atoms with Gasteiger partial charge in [-0.3, -0.25) is 4.79 Å². The highest BCUT2D eigenvalue weighted by Crippen LogP contribution is 2.22. The Labute approximate surface area is 128 Å². The van der Waals surface area contributed by atoms with E-state index in [4.69, 9.17) is 4.74 Å². The van der Waals surface area contributed by atoms with Crippen LogP contribution in [0.2, 0.25) is 0 Å². The summed E-state index contributed by atoms with van der Waals surface area (Å²) < 4.78 is 5.03. The molecule has 0 N–H and O–H groups in total. The number of benzene rings is 1. The van der Waals surface area contributed by atoms with Crippen molar-refractivity contribution in [3.05, 3.63) is 35.4 Å². The van der Waals surface area contributed by atoms with Gasteiger partial charge in [0.05, 0.1) is 0 Å². The number of aryl methyl sites for hydroxylation is 1. The fraction of sp³-hybridized carbons (Fsp3) is 0.611. The van der Waals surface area contributed by atoms with Crippen LogP contribution in [0.25, 0.3) is 0 Å². The highest BCUT2D eigenvalue weighted by molar-refractivity contribution is 5.76. The third kappa shape index (κ3) is 4.85. The third-order valence-corrected chi connectivity index (χ3v) is 4.28. The smallest absolute Gasteiger partial charge is 0.222 e. The van der Waals surface area contributed by atoms with Crippen LogP contribution in [0.15, 0.2) is 24.3 Å². The van der Waals surface area contributed by atoms with E-state index in [1.54, 1.807) is 7.11 Å². The second-order valence-electron chi connectivity index (χ2n) is 6.02. The van der Waals surface area contributed by atoms with Gasteiger partial charge in [0.25, 0.3) is 0 Å². The minimum Gasteiger partial charge on any atom is -0.385 e. The van der Waals surface area contributed by atoms with Gasteiger partial charge in [-0.2, -0.15) is 0 Å². The Balaban J connectivity index is 1.84. The number of nitrogens with zero attached hydrogens (tertiary/aromatic N) is 1. The quantitative estimate of drug-likeness (QED) is 0.720. The summed E-state index contributed by atoms with van der Waals surface area (Å²) in [6.45, 7) is 3.79. The van der Waals surface area contributed by atoms with Gasteiger partial charge in [-0.1, -0.05) is 29.8 Å². The summed E-state index contributed by atoms with van der Waals surface area (Å²) in [6.07, 6.45) is 5.83. The molecule has 1 heterocycles. The van der Waals surface area contributed by atoms with Gasteiger partial charge in [0.15, 0.2) is 0 Å². The predicted molar refractivity (Wildman–Crippen MR) is 85.3 cm³/mol. The van der Waals surface area contributed by atoms with Crippen LogP contribution in [0.1, 0.15) is 43.2 Å². The molecule has 0 aromatic heterocycles. The van der Waals surface area contributed by atoms with E-state index < -0.39 is 0 Å². The molecule has 1 aromatic rings. The summed E-state index contributed by atoms with van der Waals surface area (Å²) in [7, 11) is 1.71. The van der Waals surface area contributed by atoms with Gasteiger partial charge < -0.3 is 9.64 Å². The number of hydrogen-bond acceptors (Lipinski definition) is 2. The number of ether oxygens (including phenoxy) is 1. The molecule has 3 nitrogen and oxygen atoms in total. The number of likely N-dealkylation sites (tertiary alicyclic amines) is 1. The first-order valence-corrected chi connectivity index (χ1v) is 8.04. The van der Waals surface area contributed by atoms with E-state index >= 15 is 0 Å². The molecule has 1 aromatic carbocycles. The van der Waals surface area contributed by atoms with E-state index in [0.717, 1.165) is 45.3 Å². The van der Waals surface area contributed by atoms with Crippen LogP contribution >= 0.6 is 0 Å². The van der Waals surface area contributed by atoms with E-state index in [-0.39, 0.29) is 0 Å². The van der Waals surface area contributed by atoms with E-state index in [1.165, 1.54) is 11.1 Å². The van der Waals surface area contributed by atoms with E-state index in [1.807, 2.05) is 0 Å². The fourth-order valence-corrected chi connectivity index (χ4v) is 3.04. The number of carbonyl (C=O) groups is 1. The van der Waals surface area contributed by atoms with Gasteiger partial charge in [-0.05, 0) is 44.6 Å². The highest BCUT2D eigenvalue weighted by atomic mass is 16.5. The lowest BCUT2D eigenvalue weighted by Crippen LogP contribution is -2.36. The van der Waals surface area contributed by atoms with Crippen molar-refractivity contribution in [1.29, 1.82) is 0 Å². The lowest BCUT2D eigenvalue weighted by molar-refractivity contribution is -0.132. The van der Waals surface area contributed by atoms with Crippen molar-refractivity contribution in [3.63, 3.8) is 0 Å². The molecule has 1 fully saturated rings. The van der Waals surface area contributed by atoms with Crippen LogP contribution < -0.4 is 0 Å². The summed E-state index contributed by atoms with van der Waals surface area (Å²) in [5.74, 6) is 0.320. The van der Waals surface area contributed by atoms with E-state index in [9.17, 15) is 4.79 Å². The van der Waals surface area contributed by atoms with Gasteiger partial charge in [0.1, 0.15) is 0 Å². The first-order chi connectivity index (χ1) is 10.2. The maximum Gasteiger partial charge on any atom is 0.222 e. The standard InChI is InChI=1S/C18H27NO2/c1-15-8-10-16(11-9-15)14-17-6-5-12-19(17)18(20)7-3-4-13-21-2/h8-11,17H,3-7,12-14H2,1-2H3. The Hall–Kier alpha value is -1.35. The topological polar surface area (TPSA) is 29.5 Å². The number of hydrogen-bond donors (Lipinski definition) is 0. The zero-order valence-corrected chi connectivity index (χ0v) is 13.3. The van der Waals surface area contributed by atoms with Crippen LogP contribution in [-0.4, -0.2) is 37.1 Å². The molecular weight excluding hydrogens is 262 g/mol. The molecule has 1 unspecified atom stereocenters. The monoisotopic (exact) mass is 289 g/mol. The van der Waals surface area contributed by atoms with Crippen LogP contribution in [0.4, 0.5) is 0 Å². The van der Waals surface area contributed by atoms with Crippen molar-refractivity contribution in [2.24, 2.45) is 0 Å². The van der Waals surface area contributed by atoms with Gasteiger partial charge in [0, 0.05) is 32.7 Å². The molecule has 116 valence electrons. The molecule has 0 radical (unpaired) electrons. The van der Waals surface area contributed by atoms with Crippen molar-refractivity contribution < 1.29 is 9.53 Å². The molecule has 1 amide bonds. The number of methoxy groups -OCH3 is 1. The normalized spacial score (nSPS) is 18.2. The van der Waals surface area contributed by atoms with Gasteiger partial charge in [-0.25, -0.2) is 0 Å². The molecule has 0 aliphatic carbocycles. The van der Waals surface area contributed by atoms with Crippen LogP contribution in [-0.2, 0) is 16.0 Å². The molecular formula is C18H27NO2. The Morgan fingerprint density at radius 2 is 2.05 bits per heavy atom. The Morgan fingerprint density at radius 3 is 2.76 bits per heavy atom. The second-order valence-corrected chi connectivity index (χ2v) is 6.02. The largest absolute Gasteiger partial charge is 0.385 e. The first-order valence-electron chi connectivity index (χ1n) is 8.04. The molecule has 1 saturated heterocycles. The fourth-order valence-electron chi connectivity index (χ4n) is 3.04. The number of unbranched alkanes of at least 4 members (excludes halogenated alkanes) is 1. The Bertz CT molecular complexity index is 441. The van der Waals surface area contributed by atoms with Crippen LogP contribution in [0.3, 0.4) is 0 Å². The minimum absolute atomic E-state index is 0.320. The minimum atomic E-state index is 0.320. The van der Waals surface area contributed by atoms with E-state index in [2.05, 4.69) is 36.1 Å². The number of rotatable bonds is 7. The van der Waals surface area contributed by atoms with Crippen molar-refractivity contribution >= 4 is 5.91 Å². The van der Waals surface area contributed by atoms with Crippen molar-refractivity contribution in [1.82, 2.24) is 4.90 Å². The van der Waals surface area contributed by atoms with Crippen LogP contribution in [0, 0.1) is 6.92 Å². The summed E-state index contributed by atoms with van der Waals surface area (Å²) >= 11 is 0. The molecule has 21 heavy (non-hydrogen) atoms. The maximum atomic E-state index is 12.3. The maximum absolute atomic E-state index is 12.3. The van der Waals surface area contributed by atoms with Crippen LogP contribution in [0.5, 0.6) is 0 Å². The van der Waals surface area contributed by atoms with Gasteiger partial charge in [0.2, 0.25) is 5.91 Å². The second kappa shape index (κ2) is 8.18. The molecule has 1 aliphatic rings. The van der Waals surface area contributed by atoms with Crippen molar-refractivity contribution in [3.8, 4) is 0 Å². The van der Waals surface area contributed by atoms with E-state index in [0.29, 0.717) is 18.4 Å².